The van der Waals surface area contributed by atoms with E-state index in [-0.39, 0.29) is 11.5 Å². The summed E-state index contributed by atoms with van der Waals surface area (Å²) in [7, 11) is 0. The van der Waals surface area contributed by atoms with Gasteiger partial charge in [0.05, 0.1) is 5.56 Å². The van der Waals surface area contributed by atoms with Gasteiger partial charge in [0, 0.05) is 28.4 Å². The summed E-state index contributed by atoms with van der Waals surface area (Å²) in [5.74, 6) is -1.31. The molecule has 104 valence electrons. The Morgan fingerprint density at radius 3 is 2.67 bits per heavy atom. The van der Waals surface area contributed by atoms with E-state index in [2.05, 4.69) is 10.3 Å². The molecule has 0 spiro atoms. The quantitative estimate of drug-likeness (QED) is 0.689. The van der Waals surface area contributed by atoms with Crippen LogP contribution >= 0.6 is 0 Å². The number of carbonyl (C=O) groups excluding carboxylic acids is 1. The molecule has 3 aromatic rings. The molecular formula is C16H12N2O3. The van der Waals surface area contributed by atoms with Gasteiger partial charge >= 0.3 is 5.97 Å². The predicted molar refractivity (Wildman–Crippen MR) is 79.7 cm³/mol. The fourth-order valence-corrected chi connectivity index (χ4v) is 2.13. The molecule has 5 nitrogen and oxygen atoms in total. The third-order valence-corrected chi connectivity index (χ3v) is 3.18. The predicted octanol–water partition coefficient (Wildman–Crippen LogP) is 3.12. The molecule has 0 aliphatic heterocycles. The van der Waals surface area contributed by atoms with Gasteiger partial charge in [-0.05, 0) is 42.5 Å². The Kier molecular flexibility index (Phi) is 3.16. The molecule has 1 amide bonds. The maximum Gasteiger partial charge on any atom is 0.335 e. The average Bonchev–Trinajstić information content (AvgIpc) is 2.94. The van der Waals surface area contributed by atoms with Crippen LogP contribution in [0.3, 0.4) is 0 Å². The molecule has 3 rings (SSSR count). The van der Waals surface area contributed by atoms with Crippen LogP contribution in [0.4, 0.5) is 5.69 Å². The number of aromatic nitrogens is 1. The van der Waals surface area contributed by atoms with Gasteiger partial charge in [-0.3, -0.25) is 4.79 Å². The third-order valence-electron chi connectivity index (χ3n) is 3.18. The molecule has 0 radical (unpaired) electrons. The second-order valence-corrected chi connectivity index (χ2v) is 4.62. The number of H-pyrrole nitrogens is 1. The van der Waals surface area contributed by atoms with E-state index in [1.165, 1.54) is 12.1 Å². The molecule has 0 saturated carbocycles. The number of amides is 1. The number of carbonyl (C=O) groups is 2. The van der Waals surface area contributed by atoms with E-state index in [9.17, 15) is 9.59 Å². The number of anilines is 1. The van der Waals surface area contributed by atoms with Crippen LogP contribution < -0.4 is 5.32 Å². The Labute approximate surface area is 120 Å². The molecule has 2 aromatic carbocycles. The molecule has 0 bridgehead atoms. The fraction of sp³-hybridized carbons (Fsp3) is 0. The standard InChI is InChI=1S/C16H12N2O3/c19-15(11-4-5-14-10(8-11)6-7-17-14)18-13-3-1-2-12(9-13)16(20)21/h1-9,17H,(H,18,19)(H,20,21). The molecule has 0 aliphatic carbocycles. The van der Waals surface area contributed by atoms with Crippen molar-refractivity contribution in [2.75, 3.05) is 5.32 Å². The number of aromatic amines is 1. The summed E-state index contributed by atoms with van der Waals surface area (Å²) < 4.78 is 0. The van der Waals surface area contributed by atoms with Crippen molar-refractivity contribution in [3.63, 3.8) is 0 Å². The summed E-state index contributed by atoms with van der Waals surface area (Å²) in [6.45, 7) is 0. The highest BCUT2D eigenvalue weighted by atomic mass is 16.4. The van der Waals surface area contributed by atoms with E-state index >= 15 is 0 Å². The topological polar surface area (TPSA) is 82.2 Å². The first kappa shape index (κ1) is 12.9. The summed E-state index contributed by atoms with van der Waals surface area (Å²) in [5.41, 5.74) is 2.06. The van der Waals surface area contributed by atoms with Gasteiger partial charge in [-0.15, -0.1) is 0 Å². The fourth-order valence-electron chi connectivity index (χ4n) is 2.13. The van der Waals surface area contributed by atoms with Crippen LogP contribution in [-0.4, -0.2) is 22.0 Å². The zero-order valence-corrected chi connectivity index (χ0v) is 11.0. The van der Waals surface area contributed by atoms with Crippen molar-refractivity contribution in [3.8, 4) is 0 Å². The highest BCUT2D eigenvalue weighted by molar-refractivity contribution is 6.06. The van der Waals surface area contributed by atoms with Crippen molar-refractivity contribution < 1.29 is 14.7 Å². The van der Waals surface area contributed by atoms with Gasteiger partial charge in [-0.2, -0.15) is 0 Å². The zero-order valence-electron chi connectivity index (χ0n) is 11.0. The number of fused-ring (bicyclic) bond motifs is 1. The summed E-state index contributed by atoms with van der Waals surface area (Å²) in [6.07, 6.45) is 1.81. The number of benzene rings is 2. The summed E-state index contributed by atoms with van der Waals surface area (Å²) in [6, 6.07) is 13.4. The van der Waals surface area contributed by atoms with E-state index in [1.807, 2.05) is 18.3 Å². The van der Waals surface area contributed by atoms with Crippen LogP contribution in [0.15, 0.2) is 54.7 Å². The Hall–Kier alpha value is -3.08. The number of carboxylic acid groups (broad SMARTS) is 1. The molecule has 5 heteroatoms. The molecule has 1 aromatic heterocycles. The van der Waals surface area contributed by atoms with Gasteiger partial charge in [0.1, 0.15) is 0 Å². The summed E-state index contributed by atoms with van der Waals surface area (Å²) >= 11 is 0. The minimum absolute atomic E-state index is 0.133. The van der Waals surface area contributed by atoms with Crippen LogP contribution in [0.1, 0.15) is 20.7 Å². The largest absolute Gasteiger partial charge is 0.478 e. The van der Waals surface area contributed by atoms with Crippen LogP contribution in [0.2, 0.25) is 0 Å². The molecule has 0 fully saturated rings. The van der Waals surface area contributed by atoms with Crippen molar-refractivity contribution >= 4 is 28.5 Å². The second kappa shape index (κ2) is 5.13. The average molecular weight is 280 g/mol. The molecule has 1 heterocycles. The lowest BCUT2D eigenvalue weighted by Gasteiger charge is -2.06. The van der Waals surface area contributed by atoms with Crippen LogP contribution in [0.5, 0.6) is 0 Å². The Balaban J connectivity index is 1.85. The van der Waals surface area contributed by atoms with E-state index in [1.54, 1.807) is 24.3 Å². The SMILES string of the molecule is O=C(O)c1cccc(NC(=O)c2ccc3[nH]ccc3c2)c1. The highest BCUT2D eigenvalue weighted by Gasteiger charge is 2.09. The second-order valence-electron chi connectivity index (χ2n) is 4.62. The van der Waals surface area contributed by atoms with Gasteiger partial charge < -0.3 is 15.4 Å². The van der Waals surface area contributed by atoms with Crippen molar-refractivity contribution in [3.05, 3.63) is 65.9 Å². The van der Waals surface area contributed by atoms with Crippen molar-refractivity contribution in [2.45, 2.75) is 0 Å². The van der Waals surface area contributed by atoms with Crippen LogP contribution in [-0.2, 0) is 0 Å². The highest BCUT2D eigenvalue weighted by Crippen LogP contribution is 2.16. The van der Waals surface area contributed by atoms with Crippen LogP contribution in [0, 0.1) is 0 Å². The minimum atomic E-state index is -1.03. The number of carboxylic acids is 1. The molecule has 0 aliphatic rings. The Morgan fingerprint density at radius 1 is 1.00 bits per heavy atom. The smallest absolute Gasteiger partial charge is 0.335 e. The molecule has 0 unspecified atom stereocenters. The maximum atomic E-state index is 12.2. The van der Waals surface area contributed by atoms with Gasteiger partial charge in [-0.25, -0.2) is 4.79 Å². The lowest BCUT2D eigenvalue weighted by Crippen LogP contribution is -2.12. The molecule has 3 N–H and O–H groups in total. The lowest BCUT2D eigenvalue weighted by molar-refractivity contribution is 0.0696. The summed E-state index contributed by atoms with van der Waals surface area (Å²) in [4.78, 5) is 26.2. The van der Waals surface area contributed by atoms with Gasteiger partial charge in [-0.1, -0.05) is 6.07 Å². The molecule has 0 atom stereocenters. The molecule has 0 saturated heterocycles. The normalized spacial score (nSPS) is 10.5. The minimum Gasteiger partial charge on any atom is -0.478 e. The number of nitrogens with one attached hydrogen (secondary N) is 2. The van der Waals surface area contributed by atoms with E-state index in [0.717, 1.165) is 10.9 Å². The Morgan fingerprint density at radius 2 is 1.86 bits per heavy atom. The number of hydrogen-bond donors (Lipinski definition) is 3. The number of hydrogen-bond acceptors (Lipinski definition) is 2. The van der Waals surface area contributed by atoms with Crippen molar-refractivity contribution in [1.82, 2.24) is 4.98 Å². The maximum absolute atomic E-state index is 12.2. The monoisotopic (exact) mass is 280 g/mol. The van der Waals surface area contributed by atoms with Gasteiger partial charge in [0.15, 0.2) is 0 Å². The lowest BCUT2D eigenvalue weighted by atomic mass is 10.1. The molecular weight excluding hydrogens is 268 g/mol. The first-order chi connectivity index (χ1) is 10.1. The first-order valence-corrected chi connectivity index (χ1v) is 6.35. The first-order valence-electron chi connectivity index (χ1n) is 6.35. The number of rotatable bonds is 3. The van der Waals surface area contributed by atoms with E-state index < -0.39 is 5.97 Å². The van der Waals surface area contributed by atoms with Gasteiger partial charge in [0.25, 0.3) is 5.91 Å². The molecule has 21 heavy (non-hydrogen) atoms. The van der Waals surface area contributed by atoms with E-state index in [0.29, 0.717) is 11.3 Å². The zero-order chi connectivity index (χ0) is 14.8. The third kappa shape index (κ3) is 2.62. The van der Waals surface area contributed by atoms with Gasteiger partial charge in [0.2, 0.25) is 0 Å². The Bertz CT molecular complexity index is 836. The summed E-state index contributed by atoms with van der Waals surface area (Å²) in [5, 5.41) is 12.6. The van der Waals surface area contributed by atoms with E-state index in [4.69, 9.17) is 5.11 Å². The van der Waals surface area contributed by atoms with Crippen molar-refractivity contribution in [1.29, 1.82) is 0 Å². The number of aromatic carboxylic acids is 1. The van der Waals surface area contributed by atoms with Crippen LogP contribution in [0.25, 0.3) is 10.9 Å². The van der Waals surface area contributed by atoms with Crippen molar-refractivity contribution in [2.24, 2.45) is 0 Å².